The third-order valence-corrected chi connectivity index (χ3v) is 3.15. The number of phenolic OH excluding ortho intramolecular Hbond substituents is 1. The molecule has 0 bridgehead atoms. The Morgan fingerprint density at radius 2 is 2.10 bits per heavy atom. The molecule has 0 heterocycles. The molecule has 0 fully saturated rings. The van der Waals surface area contributed by atoms with E-state index in [0.29, 0.717) is 9.50 Å². The van der Waals surface area contributed by atoms with Crippen LogP contribution in [0.1, 0.15) is 0 Å². The van der Waals surface area contributed by atoms with Crippen LogP contribution >= 0.6 is 50.1 Å². The highest BCUT2D eigenvalue weighted by Gasteiger charge is 2.01. The molecular weight excluding hydrogens is 330 g/mol. The van der Waals surface area contributed by atoms with Crippen molar-refractivity contribution < 1.29 is 5.11 Å². The Kier molecular flexibility index (Phi) is 2.82. The molecule has 0 saturated carbocycles. The van der Waals surface area contributed by atoms with Crippen molar-refractivity contribution >= 4 is 50.1 Å². The van der Waals surface area contributed by atoms with Crippen molar-refractivity contribution in [1.82, 2.24) is 0 Å². The second-order valence-corrected chi connectivity index (χ2v) is 4.14. The second-order valence-electron chi connectivity index (χ2n) is 1.72. The van der Waals surface area contributed by atoms with E-state index in [2.05, 4.69) is 38.5 Å². The van der Waals surface area contributed by atoms with Crippen LogP contribution in [0.15, 0.2) is 16.6 Å². The summed E-state index contributed by atoms with van der Waals surface area (Å²) in [6.45, 7) is 0. The van der Waals surface area contributed by atoms with Crippen LogP contribution in [0.2, 0.25) is 5.02 Å². The van der Waals surface area contributed by atoms with Gasteiger partial charge in [0, 0.05) is 3.57 Å². The Labute approximate surface area is 85.7 Å². The summed E-state index contributed by atoms with van der Waals surface area (Å²) in [6, 6.07) is 3.27. The molecule has 0 aliphatic rings. The zero-order valence-corrected chi connectivity index (χ0v) is 9.24. The van der Waals surface area contributed by atoms with Gasteiger partial charge in [-0.3, -0.25) is 0 Å². The van der Waals surface area contributed by atoms with Gasteiger partial charge in [0.2, 0.25) is 0 Å². The number of rotatable bonds is 0. The maximum absolute atomic E-state index is 9.11. The molecule has 0 radical (unpaired) electrons. The van der Waals surface area contributed by atoms with Gasteiger partial charge in [-0.2, -0.15) is 0 Å². The van der Waals surface area contributed by atoms with E-state index >= 15 is 0 Å². The minimum atomic E-state index is 0.216. The zero-order valence-electron chi connectivity index (χ0n) is 4.74. The fourth-order valence-electron chi connectivity index (χ4n) is 0.512. The van der Waals surface area contributed by atoms with Crippen LogP contribution in [0.3, 0.4) is 0 Å². The first-order valence-electron chi connectivity index (χ1n) is 2.45. The predicted molar refractivity (Wildman–Crippen MR) is 53.5 cm³/mol. The molecule has 1 N–H and O–H groups in total. The summed E-state index contributed by atoms with van der Waals surface area (Å²) in [5.41, 5.74) is 0. The van der Waals surface area contributed by atoms with Gasteiger partial charge in [0.05, 0.1) is 9.50 Å². The smallest absolute Gasteiger partial charge is 0.130 e. The molecular formula is C6H3BrClIO. The monoisotopic (exact) mass is 332 g/mol. The van der Waals surface area contributed by atoms with E-state index in [1.165, 1.54) is 0 Å². The molecule has 1 aromatic carbocycles. The normalized spacial score (nSPS) is 9.90. The van der Waals surface area contributed by atoms with Crippen molar-refractivity contribution in [2.75, 3.05) is 0 Å². The topological polar surface area (TPSA) is 20.2 Å². The average Bonchev–Trinajstić information content (AvgIpc) is 1.84. The Morgan fingerprint density at radius 1 is 1.50 bits per heavy atom. The molecule has 4 heteroatoms. The molecule has 0 aliphatic heterocycles. The van der Waals surface area contributed by atoms with E-state index in [4.69, 9.17) is 16.7 Å². The van der Waals surface area contributed by atoms with E-state index in [1.54, 1.807) is 12.1 Å². The molecule has 0 unspecified atom stereocenters. The summed E-state index contributed by atoms with van der Waals surface area (Å²) in [4.78, 5) is 0. The van der Waals surface area contributed by atoms with E-state index in [-0.39, 0.29) is 5.75 Å². The highest BCUT2D eigenvalue weighted by atomic mass is 127. The highest BCUT2D eigenvalue weighted by Crippen LogP contribution is 2.30. The molecule has 0 aromatic heterocycles. The molecule has 1 nitrogen and oxygen atoms in total. The molecule has 1 aromatic rings. The quantitative estimate of drug-likeness (QED) is 0.570. The third-order valence-electron chi connectivity index (χ3n) is 0.990. The van der Waals surface area contributed by atoms with Crippen molar-refractivity contribution in [2.24, 2.45) is 0 Å². The lowest BCUT2D eigenvalue weighted by Crippen LogP contribution is -1.74. The van der Waals surface area contributed by atoms with Crippen LogP contribution in [-0.4, -0.2) is 5.11 Å². The summed E-state index contributed by atoms with van der Waals surface area (Å²) in [5.74, 6) is 0.216. The highest BCUT2D eigenvalue weighted by molar-refractivity contribution is 14.1. The van der Waals surface area contributed by atoms with Gasteiger partial charge < -0.3 is 5.11 Å². The lowest BCUT2D eigenvalue weighted by molar-refractivity contribution is 0.471. The van der Waals surface area contributed by atoms with Gasteiger partial charge in [-0.25, -0.2) is 0 Å². The molecule has 0 amide bonds. The third kappa shape index (κ3) is 1.77. The van der Waals surface area contributed by atoms with E-state index in [9.17, 15) is 0 Å². The predicted octanol–water partition coefficient (Wildman–Crippen LogP) is 3.41. The molecule has 0 aliphatic carbocycles. The number of aromatic hydroxyl groups is 1. The SMILES string of the molecule is Oc1cc(I)c(Cl)cc1Br. The van der Waals surface area contributed by atoms with Crippen molar-refractivity contribution in [1.29, 1.82) is 0 Å². The van der Waals surface area contributed by atoms with Crippen molar-refractivity contribution in [3.05, 3.63) is 25.2 Å². The molecule has 54 valence electrons. The fourth-order valence-corrected chi connectivity index (χ4v) is 1.60. The first-order chi connectivity index (χ1) is 4.61. The summed E-state index contributed by atoms with van der Waals surface area (Å²) in [6.07, 6.45) is 0. The number of phenols is 1. The average molecular weight is 333 g/mol. The Balaban J connectivity index is 3.28. The van der Waals surface area contributed by atoms with Gasteiger partial charge in [-0.1, -0.05) is 11.6 Å². The lowest BCUT2D eigenvalue weighted by Gasteiger charge is -1.98. The van der Waals surface area contributed by atoms with Crippen molar-refractivity contribution in [3.63, 3.8) is 0 Å². The van der Waals surface area contributed by atoms with E-state index in [0.717, 1.165) is 3.57 Å². The van der Waals surface area contributed by atoms with Crippen molar-refractivity contribution in [3.8, 4) is 5.75 Å². The molecule has 0 saturated heterocycles. The minimum Gasteiger partial charge on any atom is -0.507 e. The van der Waals surface area contributed by atoms with Crippen molar-refractivity contribution in [2.45, 2.75) is 0 Å². The Bertz CT molecular complexity index is 214. The van der Waals surface area contributed by atoms with Crippen LogP contribution < -0.4 is 0 Å². The first-order valence-corrected chi connectivity index (χ1v) is 4.69. The van der Waals surface area contributed by atoms with Gasteiger partial charge in [0.15, 0.2) is 0 Å². The maximum atomic E-state index is 9.11. The van der Waals surface area contributed by atoms with Gasteiger partial charge >= 0.3 is 0 Å². The van der Waals surface area contributed by atoms with E-state index in [1.807, 2.05) is 0 Å². The van der Waals surface area contributed by atoms with E-state index < -0.39 is 0 Å². The summed E-state index contributed by atoms with van der Waals surface area (Å²) >= 11 is 10.9. The zero-order chi connectivity index (χ0) is 7.72. The van der Waals surface area contributed by atoms with Gasteiger partial charge in [0.1, 0.15) is 5.75 Å². The maximum Gasteiger partial charge on any atom is 0.130 e. The largest absolute Gasteiger partial charge is 0.507 e. The second kappa shape index (κ2) is 3.28. The standard InChI is InChI=1S/C6H3BrClIO/c7-3-1-4(8)5(9)2-6(3)10/h1-2,10H. The lowest BCUT2D eigenvalue weighted by atomic mass is 10.3. The molecule has 0 spiro atoms. The molecule has 10 heavy (non-hydrogen) atoms. The number of hydrogen-bond acceptors (Lipinski definition) is 1. The number of benzene rings is 1. The number of hydrogen-bond donors (Lipinski definition) is 1. The van der Waals surface area contributed by atoms with Gasteiger partial charge in [-0.15, -0.1) is 0 Å². The summed E-state index contributed by atoms with van der Waals surface area (Å²) in [7, 11) is 0. The number of halogens is 3. The van der Waals surface area contributed by atoms with Crippen LogP contribution in [0.25, 0.3) is 0 Å². The van der Waals surface area contributed by atoms with Crippen LogP contribution in [-0.2, 0) is 0 Å². The fraction of sp³-hybridized carbons (Fsp3) is 0. The first kappa shape index (κ1) is 8.62. The Hall–Kier alpha value is 0.520. The molecule has 0 atom stereocenters. The summed E-state index contributed by atoms with van der Waals surface area (Å²) < 4.78 is 1.47. The summed E-state index contributed by atoms with van der Waals surface area (Å²) in [5, 5.41) is 9.76. The minimum absolute atomic E-state index is 0.216. The van der Waals surface area contributed by atoms with Gasteiger partial charge in [0.25, 0.3) is 0 Å². The van der Waals surface area contributed by atoms with Crippen LogP contribution in [0, 0.1) is 3.57 Å². The Morgan fingerprint density at radius 3 is 2.60 bits per heavy atom. The van der Waals surface area contributed by atoms with Crippen LogP contribution in [0.4, 0.5) is 0 Å². The molecule has 1 rings (SSSR count). The van der Waals surface area contributed by atoms with Gasteiger partial charge in [-0.05, 0) is 50.7 Å². The van der Waals surface area contributed by atoms with Crippen LogP contribution in [0.5, 0.6) is 5.75 Å².